The molecule has 1 amide bonds. The van der Waals surface area contributed by atoms with E-state index in [2.05, 4.69) is 11.4 Å². The topological polar surface area (TPSA) is 65.4 Å². The average Bonchev–Trinajstić information content (AvgIpc) is 2.78. The molecule has 0 radical (unpaired) electrons. The van der Waals surface area contributed by atoms with Crippen molar-refractivity contribution in [3.8, 4) is 11.8 Å². The lowest BCUT2D eigenvalue weighted by Gasteiger charge is -2.20. The van der Waals surface area contributed by atoms with Crippen LogP contribution >= 0.6 is 0 Å². The molecule has 1 N–H and O–H groups in total. The summed E-state index contributed by atoms with van der Waals surface area (Å²) >= 11 is 0. The second-order valence-electron chi connectivity index (χ2n) is 5.15. The fraction of sp³-hybridized carbons (Fsp3) is 0.467. The Bertz CT molecular complexity index is 549. The number of nitrogens with one attached hydrogen (secondary N) is 1. The Morgan fingerprint density at radius 3 is 2.85 bits per heavy atom. The zero-order valence-electron chi connectivity index (χ0n) is 12.0. The summed E-state index contributed by atoms with van der Waals surface area (Å²) in [7, 11) is 1.55. The lowest BCUT2D eigenvalue weighted by molar-refractivity contribution is -0.119. The average molecular weight is 273 g/mol. The summed E-state index contributed by atoms with van der Waals surface area (Å²) < 4.78 is 5.30. The van der Waals surface area contributed by atoms with Gasteiger partial charge in [-0.1, -0.05) is 13.8 Å². The van der Waals surface area contributed by atoms with Crippen LogP contribution in [0.1, 0.15) is 25.8 Å². The van der Waals surface area contributed by atoms with E-state index in [-0.39, 0.29) is 18.0 Å². The van der Waals surface area contributed by atoms with E-state index in [0.29, 0.717) is 17.9 Å². The maximum absolute atomic E-state index is 12.4. The molecule has 1 heterocycles. The van der Waals surface area contributed by atoms with Gasteiger partial charge in [0.15, 0.2) is 0 Å². The molecule has 106 valence electrons. The number of hydrogen-bond acceptors (Lipinski definition) is 4. The van der Waals surface area contributed by atoms with Gasteiger partial charge in [-0.05, 0) is 18.6 Å². The second kappa shape index (κ2) is 5.93. The highest BCUT2D eigenvalue weighted by Gasteiger charge is 2.33. The highest BCUT2D eigenvalue weighted by Crippen LogP contribution is 2.32. The zero-order valence-corrected chi connectivity index (χ0v) is 12.0. The molecule has 0 aromatic heterocycles. The highest BCUT2D eigenvalue weighted by atomic mass is 16.5. The van der Waals surface area contributed by atoms with Crippen molar-refractivity contribution in [3.05, 3.63) is 23.8 Å². The number of ether oxygens (including phenoxy) is 1. The number of nitriles is 1. The number of carbonyl (C=O) groups is 1. The van der Waals surface area contributed by atoms with Gasteiger partial charge in [0.05, 0.1) is 30.5 Å². The summed E-state index contributed by atoms with van der Waals surface area (Å²) in [6.45, 7) is 4.71. The number of anilines is 1. The molecule has 1 aliphatic rings. The molecule has 1 aromatic carbocycles. The molecule has 1 aromatic rings. The fourth-order valence-electron chi connectivity index (χ4n) is 2.45. The van der Waals surface area contributed by atoms with Crippen molar-refractivity contribution < 1.29 is 9.53 Å². The van der Waals surface area contributed by atoms with Gasteiger partial charge in [0, 0.05) is 18.7 Å². The number of amides is 1. The molecule has 0 saturated carbocycles. The Balaban J connectivity index is 2.25. The molecule has 1 fully saturated rings. The first-order valence-electron chi connectivity index (χ1n) is 6.72. The van der Waals surface area contributed by atoms with Gasteiger partial charge < -0.3 is 15.0 Å². The SMILES string of the molecule is COc1cc(C#N)ccc1N1CCC(NC(C)C)C1=O. The minimum Gasteiger partial charge on any atom is -0.495 e. The van der Waals surface area contributed by atoms with E-state index in [1.807, 2.05) is 13.8 Å². The van der Waals surface area contributed by atoms with Crippen LogP contribution in [0, 0.1) is 11.3 Å². The number of benzene rings is 1. The van der Waals surface area contributed by atoms with Crippen LogP contribution in [0.5, 0.6) is 5.75 Å². The number of carbonyl (C=O) groups excluding carboxylic acids is 1. The molecule has 1 saturated heterocycles. The molecule has 1 atom stereocenters. The molecule has 1 aliphatic heterocycles. The van der Waals surface area contributed by atoms with E-state index >= 15 is 0 Å². The van der Waals surface area contributed by atoms with Gasteiger partial charge in [-0.15, -0.1) is 0 Å². The Labute approximate surface area is 119 Å². The van der Waals surface area contributed by atoms with Crippen LogP contribution in [-0.4, -0.2) is 31.6 Å². The predicted octanol–water partition coefficient (Wildman–Crippen LogP) is 1.67. The van der Waals surface area contributed by atoms with Crippen LogP contribution in [0.2, 0.25) is 0 Å². The quantitative estimate of drug-likeness (QED) is 0.906. The van der Waals surface area contributed by atoms with Crippen LogP contribution in [-0.2, 0) is 4.79 Å². The number of methoxy groups -OCH3 is 1. The summed E-state index contributed by atoms with van der Waals surface area (Å²) in [4.78, 5) is 14.1. The molecule has 1 unspecified atom stereocenters. The number of nitrogens with zero attached hydrogens (tertiary/aromatic N) is 2. The monoisotopic (exact) mass is 273 g/mol. The minimum atomic E-state index is -0.143. The molecule has 0 aliphatic carbocycles. The summed E-state index contributed by atoms with van der Waals surface area (Å²) in [5, 5.41) is 12.2. The van der Waals surface area contributed by atoms with Crippen LogP contribution in [0.4, 0.5) is 5.69 Å². The van der Waals surface area contributed by atoms with E-state index in [9.17, 15) is 4.79 Å². The smallest absolute Gasteiger partial charge is 0.244 e. The van der Waals surface area contributed by atoms with Gasteiger partial charge in [-0.2, -0.15) is 5.26 Å². The molecule has 0 bridgehead atoms. The van der Waals surface area contributed by atoms with Crippen molar-refractivity contribution in [2.24, 2.45) is 0 Å². The Morgan fingerprint density at radius 2 is 2.25 bits per heavy atom. The Morgan fingerprint density at radius 1 is 1.50 bits per heavy atom. The third-order valence-corrected chi connectivity index (χ3v) is 3.34. The van der Waals surface area contributed by atoms with Crippen LogP contribution in [0.3, 0.4) is 0 Å². The normalized spacial score (nSPS) is 18.4. The van der Waals surface area contributed by atoms with Crippen molar-refractivity contribution in [1.29, 1.82) is 5.26 Å². The van der Waals surface area contributed by atoms with Crippen LogP contribution in [0.15, 0.2) is 18.2 Å². The lowest BCUT2D eigenvalue weighted by Crippen LogP contribution is -2.41. The third kappa shape index (κ3) is 2.75. The fourth-order valence-corrected chi connectivity index (χ4v) is 2.45. The summed E-state index contributed by atoms with van der Waals surface area (Å²) in [5.41, 5.74) is 1.25. The van der Waals surface area contributed by atoms with Crippen molar-refractivity contribution in [1.82, 2.24) is 5.32 Å². The standard InChI is InChI=1S/C15H19N3O2/c1-10(2)17-12-6-7-18(15(12)19)13-5-4-11(9-16)8-14(13)20-3/h4-5,8,10,12,17H,6-7H2,1-3H3. The van der Waals surface area contributed by atoms with Gasteiger partial charge in [0.2, 0.25) is 5.91 Å². The van der Waals surface area contributed by atoms with Gasteiger partial charge in [0.25, 0.3) is 0 Å². The number of rotatable bonds is 4. The van der Waals surface area contributed by atoms with Crippen molar-refractivity contribution >= 4 is 11.6 Å². The first-order chi connectivity index (χ1) is 9.56. The summed E-state index contributed by atoms with van der Waals surface area (Å²) in [6.07, 6.45) is 0.778. The molecule has 2 rings (SSSR count). The molecular weight excluding hydrogens is 254 g/mol. The van der Waals surface area contributed by atoms with Crippen molar-refractivity contribution in [2.75, 3.05) is 18.6 Å². The van der Waals surface area contributed by atoms with E-state index in [0.717, 1.165) is 12.1 Å². The van der Waals surface area contributed by atoms with Gasteiger partial charge in [0.1, 0.15) is 5.75 Å². The van der Waals surface area contributed by atoms with E-state index < -0.39 is 0 Å². The van der Waals surface area contributed by atoms with Gasteiger partial charge in [-0.25, -0.2) is 0 Å². The molecule has 5 heteroatoms. The lowest BCUT2D eigenvalue weighted by atomic mass is 10.2. The number of hydrogen-bond donors (Lipinski definition) is 1. The Hall–Kier alpha value is -2.06. The van der Waals surface area contributed by atoms with Crippen LogP contribution in [0.25, 0.3) is 0 Å². The first-order valence-corrected chi connectivity index (χ1v) is 6.72. The van der Waals surface area contributed by atoms with Gasteiger partial charge in [-0.3, -0.25) is 4.79 Å². The first kappa shape index (κ1) is 14.4. The van der Waals surface area contributed by atoms with E-state index in [1.54, 1.807) is 30.2 Å². The maximum atomic E-state index is 12.4. The minimum absolute atomic E-state index is 0.0571. The molecular formula is C15H19N3O2. The van der Waals surface area contributed by atoms with Crippen molar-refractivity contribution in [3.63, 3.8) is 0 Å². The summed E-state index contributed by atoms with van der Waals surface area (Å²) in [5.74, 6) is 0.615. The zero-order chi connectivity index (χ0) is 14.7. The highest BCUT2D eigenvalue weighted by molar-refractivity contribution is 6.00. The Kier molecular flexibility index (Phi) is 4.26. The van der Waals surface area contributed by atoms with E-state index in [4.69, 9.17) is 10.00 Å². The predicted molar refractivity (Wildman–Crippen MR) is 76.7 cm³/mol. The second-order valence-corrected chi connectivity index (χ2v) is 5.15. The maximum Gasteiger partial charge on any atom is 0.244 e. The van der Waals surface area contributed by atoms with Crippen LogP contribution < -0.4 is 15.0 Å². The molecule has 20 heavy (non-hydrogen) atoms. The third-order valence-electron chi connectivity index (χ3n) is 3.34. The molecule has 5 nitrogen and oxygen atoms in total. The summed E-state index contributed by atoms with van der Waals surface area (Å²) in [6, 6.07) is 7.33. The largest absolute Gasteiger partial charge is 0.495 e. The molecule has 0 spiro atoms. The van der Waals surface area contributed by atoms with Crippen molar-refractivity contribution in [2.45, 2.75) is 32.4 Å². The van der Waals surface area contributed by atoms with E-state index in [1.165, 1.54) is 0 Å². The van der Waals surface area contributed by atoms with Gasteiger partial charge >= 0.3 is 0 Å².